The zero-order chi connectivity index (χ0) is 15.3. The minimum absolute atomic E-state index is 0.0192. The van der Waals surface area contributed by atoms with Gasteiger partial charge in [-0.3, -0.25) is 4.79 Å². The molecule has 0 aliphatic heterocycles. The molecule has 112 valence electrons. The lowest BCUT2D eigenvalue weighted by Gasteiger charge is -2.22. The summed E-state index contributed by atoms with van der Waals surface area (Å²) in [5.74, 6) is 0.593. The van der Waals surface area contributed by atoms with Crippen LogP contribution in [0.4, 0.5) is 5.69 Å². The number of nitrogen functional groups attached to an aromatic ring is 1. The summed E-state index contributed by atoms with van der Waals surface area (Å²) in [6.07, 6.45) is 0. The Hall–Kier alpha value is -1.95. The fourth-order valence-electron chi connectivity index (χ4n) is 1.56. The third-order valence-electron chi connectivity index (χ3n) is 2.96. The first-order valence-electron chi connectivity index (χ1n) is 6.25. The number of carbonyl (C=O) groups excluding carboxylic acids is 1. The van der Waals surface area contributed by atoms with Gasteiger partial charge in [0.1, 0.15) is 0 Å². The molecule has 20 heavy (non-hydrogen) atoms. The van der Waals surface area contributed by atoms with E-state index in [4.69, 9.17) is 15.2 Å². The SMILES string of the molecule is COc1cc(N)c(C(=O)NCC(C)(C)CO)cc1OC. The zero-order valence-corrected chi connectivity index (χ0v) is 12.3. The largest absolute Gasteiger partial charge is 0.493 e. The van der Waals surface area contributed by atoms with Crippen LogP contribution in [-0.4, -0.2) is 38.4 Å². The molecular formula is C14H22N2O4. The molecule has 0 bridgehead atoms. The fourth-order valence-corrected chi connectivity index (χ4v) is 1.56. The van der Waals surface area contributed by atoms with E-state index >= 15 is 0 Å². The Morgan fingerprint density at radius 2 is 1.85 bits per heavy atom. The molecule has 4 N–H and O–H groups in total. The van der Waals surface area contributed by atoms with Crippen molar-refractivity contribution in [3.63, 3.8) is 0 Å². The molecule has 1 amide bonds. The fraction of sp³-hybridized carbons (Fsp3) is 0.500. The van der Waals surface area contributed by atoms with Crippen LogP contribution in [0.5, 0.6) is 11.5 Å². The Morgan fingerprint density at radius 1 is 1.30 bits per heavy atom. The molecular weight excluding hydrogens is 260 g/mol. The van der Waals surface area contributed by atoms with Gasteiger partial charge in [-0.1, -0.05) is 13.8 Å². The van der Waals surface area contributed by atoms with Crippen molar-refractivity contribution >= 4 is 11.6 Å². The third-order valence-corrected chi connectivity index (χ3v) is 2.96. The Bertz CT molecular complexity index is 486. The summed E-state index contributed by atoms with van der Waals surface area (Å²) in [6.45, 7) is 4.03. The average molecular weight is 282 g/mol. The van der Waals surface area contributed by atoms with E-state index in [-0.39, 0.29) is 17.9 Å². The predicted octanol–water partition coefficient (Wildman–Crippen LogP) is 1.03. The summed E-state index contributed by atoms with van der Waals surface area (Å²) in [5.41, 5.74) is 6.08. The number of aliphatic hydroxyl groups excluding tert-OH is 1. The Labute approximate surface area is 118 Å². The minimum Gasteiger partial charge on any atom is -0.493 e. The van der Waals surface area contributed by atoms with E-state index in [9.17, 15) is 9.90 Å². The first kappa shape index (κ1) is 16.1. The van der Waals surface area contributed by atoms with Crippen LogP contribution in [-0.2, 0) is 0 Å². The van der Waals surface area contributed by atoms with Gasteiger partial charge in [-0.15, -0.1) is 0 Å². The summed E-state index contributed by atoms with van der Waals surface area (Å²) in [4.78, 5) is 12.1. The highest BCUT2D eigenvalue weighted by molar-refractivity contribution is 6.00. The number of anilines is 1. The van der Waals surface area contributed by atoms with Crippen LogP contribution >= 0.6 is 0 Å². The van der Waals surface area contributed by atoms with Crippen molar-refractivity contribution in [1.29, 1.82) is 0 Å². The lowest BCUT2D eigenvalue weighted by molar-refractivity contribution is 0.0911. The van der Waals surface area contributed by atoms with Crippen molar-refractivity contribution in [2.75, 3.05) is 33.1 Å². The maximum Gasteiger partial charge on any atom is 0.253 e. The first-order chi connectivity index (χ1) is 9.34. The van der Waals surface area contributed by atoms with E-state index in [1.807, 2.05) is 13.8 Å². The van der Waals surface area contributed by atoms with Crippen LogP contribution in [0.25, 0.3) is 0 Å². The number of ether oxygens (including phenoxy) is 2. The van der Waals surface area contributed by atoms with Gasteiger partial charge in [0.25, 0.3) is 5.91 Å². The van der Waals surface area contributed by atoms with Crippen LogP contribution in [0.1, 0.15) is 24.2 Å². The van der Waals surface area contributed by atoms with Crippen molar-refractivity contribution in [3.05, 3.63) is 17.7 Å². The van der Waals surface area contributed by atoms with Crippen molar-refractivity contribution in [2.45, 2.75) is 13.8 Å². The molecule has 0 aliphatic carbocycles. The van der Waals surface area contributed by atoms with Gasteiger partial charge in [-0.2, -0.15) is 0 Å². The number of benzene rings is 1. The maximum absolute atomic E-state index is 12.1. The molecule has 0 saturated heterocycles. The second kappa shape index (κ2) is 6.47. The quantitative estimate of drug-likeness (QED) is 0.678. The van der Waals surface area contributed by atoms with Gasteiger partial charge in [0.2, 0.25) is 0 Å². The molecule has 0 radical (unpaired) electrons. The molecule has 0 aliphatic rings. The number of amides is 1. The molecule has 6 nitrogen and oxygen atoms in total. The van der Waals surface area contributed by atoms with Gasteiger partial charge in [-0.25, -0.2) is 0 Å². The molecule has 0 spiro atoms. The number of nitrogens with one attached hydrogen (secondary N) is 1. The first-order valence-corrected chi connectivity index (χ1v) is 6.25. The van der Waals surface area contributed by atoms with Crippen LogP contribution < -0.4 is 20.5 Å². The van der Waals surface area contributed by atoms with Gasteiger partial charge >= 0.3 is 0 Å². The number of hydrogen-bond donors (Lipinski definition) is 3. The Morgan fingerprint density at radius 3 is 2.35 bits per heavy atom. The number of rotatable bonds is 6. The van der Waals surface area contributed by atoms with Gasteiger partial charge in [0, 0.05) is 30.3 Å². The average Bonchev–Trinajstić information content (AvgIpc) is 2.44. The number of aliphatic hydroxyl groups is 1. The molecule has 1 rings (SSSR count). The summed E-state index contributed by atoms with van der Waals surface area (Å²) in [6, 6.07) is 3.08. The van der Waals surface area contributed by atoms with Crippen molar-refractivity contribution in [1.82, 2.24) is 5.32 Å². The Balaban J connectivity index is 2.93. The van der Waals surface area contributed by atoms with Crippen molar-refractivity contribution < 1.29 is 19.4 Å². The Kier molecular flexibility index (Phi) is 5.21. The number of nitrogens with two attached hydrogens (primary N) is 1. The number of methoxy groups -OCH3 is 2. The highest BCUT2D eigenvalue weighted by Crippen LogP contribution is 2.31. The zero-order valence-electron chi connectivity index (χ0n) is 12.3. The van der Waals surface area contributed by atoms with E-state index in [0.29, 0.717) is 29.3 Å². The second-order valence-corrected chi connectivity index (χ2v) is 5.30. The summed E-state index contributed by atoms with van der Waals surface area (Å²) >= 11 is 0. The second-order valence-electron chi connectivity index (χ2n) is 5.30. The van der Waals surface area contributed by atoms with Crippen LogP contribution in [0.3, 0.4) is 0 Å². The molecule has 0 saturated carbocycles. The van der Waals surface area contributed by atoms with E-state index in [0.717, 1.165) is 0 Å². The standard InChI is InChI=1S/C14H22N2O4/c1-14(2,8-17)7-16-13(18)9-5-11(19-3)12(20-4)6-10(9)15/h5-6,17H,7-8,15H2,1-4H3,(H,16,18). The molecule has 1 aromatic rings. The number of carbonyl (C=O) groups is 1. The van der Waals surface area contributed by atoms with Crippen LogP contribution in [0.2, 0.25) is 0 Å². The van der Waals surface area contributed by atoms with Crippen molar-refractivity contribution in [2.24, 2.45) is 5.41 Å². The normalized spacial score (nSPS) is 11.1. The highest BCUT2D eigenvalue weighted by atomic mass is 16.5. The monoisotopic (exact) mass is 282 g/mol. The molecule has 6 heteroatoms. The lowest BCUT2D eigenvalue weighted by Crippen LogP contribution is -2.36. The summed E-state index contributed by atoms with van der Waals surface area (Å²) in [5, 5.41) is 11.9. The summed E-state index contributed by atoms with van der Waals surface area (Å²) in [7, 11) is 2.99. The molecule has 0 atom stereocenters. The molecule has 0 aromatic heterocycles. The van der Waals surface area contributed by atoms with E-state index in [1.165, 1.54) is 20.3 Å². The molecule has 0 unspecified atom stereocenters. The third kappa shape index (κ3) is 3.77. The minimum atomic E-state index is -0.388. The van der Waals surface area contributed by atoms with E-state index in [2.05, 4.69) is 5.32 Å². The van der Waals surface area contributed by atoms with Gasteiger partial charge < -0.3 is 25.6 Å². The van der Waals surface area contributed by atoms with Crippen LogP contribution in [0.15, 0.2) is 12.1 Å². The molecule has 1 aromatic carbocycles. The predicted molar refractivity (Wildman–Crippen MR) is 77.2 cm³/mol. The maximum atomic E-state index is 12.1. The van der Waals surface area contributed by atoms with E-state index in [1.54, 1.807) is 6.07 Å². The highest BCUT2D eigenvalue weighted by Gasteiger charge is 2.20. The molecule has 0 heterocycles. The van der Waals surface area contributed by atoms with Gasteiger partial charge in [0.15, 0.2) is 11.5 Å². The van der Waals surface area contributed by atoms with Crippen LogP contribution in [0, 0.1) is 5.41 Å². The summed E-state index contributed by atoms with van der Waals surface area (Å²) < 4.78 is 10.3. The van der Waals surface area contributed by atoms with E-state index < -0.39 is 0 Å². The van der Waals surface area contributed by atoms with Gasteiger partial charge in [-0.05, 0) is 6.07 Å². The van der Waals surface area contributed by atoms with Crippen molar-refractivity contribution in [3.8, 4) is 11.5 Å². The van der Waals surface area contributed by atoms with Gasteiger partial charge in [0.05, 0.1) is 19.8 Å². The number of hydrogen-bond acceptors (Lipinski definition) is 5. The molecule has 0 fully saturated rings. The topological polar surface area (TPSA) is 93.8 Å². The smallest absolute Gasteiger partial charge is 0.253 e. The lowest BCUT2D eigenvalue weighted by atomic mass is 9.95.